The van der Waals surface area contributed by atoms with E-state index >= 15 is 0 Å². The highest BCUT2D eigenvalue weighted by atomic mass is 16.5. The maximum atomic E-state index is 12.3. The van der Waals surface area contributed by atoms with Crippen molar-refractivity contribution in [2.45, 2.75) is 60.4 Å². The van der Waals surface area contributed by atoms with Crippen LogP contribution in [0.4, 0.5) is 0 Å². The topological polar surface area (TPSA) is 81.7 Å². The van der Waals surface area contributed by atoms with Gasteiger partial charge < -0.3 is 18.8 Å². The molecule has 2 rings (SSSR count). The molecule has 2 aromatic rings. The van der Waals surface area contributed by atoms with Gasteiger partial charge in [0.25, 0.3) is 0 Å². The minimum Gasteiger partial charge on any atom is -0.478 e. The van der Waals surface area contributed by atoms with Crippen molar-refractivity contribution in [1.29, 1.82) is 0 Å². The first-order valence-corrected chi connectivity index (χ1v) is 8.68. The lowest BCUT2D eigenvalue weighted by Gasteiger charge is -2.22. The lowest BCUT2D eigenvalue weighted by molar-refractivity contribution is 0.0524. The summed E-state index contributed by atoms with van der Waals surface area (Å²) in [7, 11) is 0. The Labute approximate surface area is 153 Å². The Bertz CT molecular complexity index is 849. The lowest BCUT2D eigenvalue weighted by Crippen LogP contribution is -2.19. The second-order valence-electron chi connectivity index (χ2n) is 7.46. The lowest BCUT2D eigenvalue weighted by atomic mass is 9.91. The summed E-state index contributed by atoms with van der Waals surface area (Å²) < 4.78 is 12.7. The van der Waals surface area contributed by atoms with E-state index in [0.29, 0.717) is 35.8 Å². The van der Waals surface area contributed by atoms with E-state index < -0.39 is 5.97 Å². The van der Waals surface area contributed by atoms with Crippen LogP contribution in [0.15, 0.2) is 10.5 Å². The maximum Gasteiger partial charge on any atom is 0.339 e. The quantitative estimate of drug-likeness (QED) is 0.806. The van der Waals surface area contributed by atoms with Crippen molar-refractivity contribution < 1.29 is 23.8 Å². The van der Waals surface area contributed by atoms with E-state index in [4.69, 9.17) is 9.15 Å². The van der Waals surface area contributed by atoms with Crippen LogP contribution >= 0.6 is 0 Å². The van der Waals surface area contributed by atoms with Crippen LogP contribution in [0.2, 0.25) is 0 Å². The fourth-order valence-corrected chi connectivity index (χ4v) is 3.24. The van der Waals surface area contributed by atoms with E-state index in [1.165, 1.54) is 0 Å². The van der Waals surface area contributed by atoms with Gasteiger partial charge in [0.1, 0.15) is 17.1 Å². The van der Waals surface area contributed by atoms with Gasteiger partial charge in [0.05, 0.1) is 18.7 Å². The molecule has 0 aliphatic carbocycles. The van der Waals surface area contributed by atoms with Crippen LogP contribution in [0.3, 0.4) is 0 Å². The smallest absolute Gasteiger partial charge is 0.339 e. The summed E-state index contributed by atoms with van der Waals surface area (Å²) in [4.78, 5) is 24.0. The van der Waals surface area contributed by atoms with Gasteiger partial charge >= 0.3 is 11.9 Å². The molecule has 1 N–H and O–H groups in total. The molecule has 0 radical (unpaired) electrons. The summed E-state index contributed by atoms with van der Waals surface area (Å²) in [6.45, 7) is 13.8. The van der Waals surface area contributed by atoms with E-state index in [1.807, 2.05) is 17.6 Å². The third-order valence-electron chi connectivity index (χ3n) is 4.55. The molecule has 0 aromatic carbocycles. The van der Waals surface area contributed by atoms with Crippen LogP contribution in [0.1, 0.15) is 76.9 Å². The molecule has 0 aliphatic heterocycles. The summed E-state index contributed by atoms with van der Waals surface area (Å²) >= 11 is 0. The predicted octanol–water partition coefficient (Wildman–Crippen LogP) is 4.23. The number of ether oxygens (including phenoxy) is 1. The SMILES string of the molecule is CCOC(=O)c1cc(C(C)(C)C)n(Cc2c(C)oc(C)c2C(=O)O)c1C. The molecule has 142 valence electrons. The normalized spacial score (nSPS) is 11.7. The van der Waals surface area contributed by atoms with Crippen molar-refractivity contribution in [3.63, 3.8) is 0 Å². The number of aromatic carboxylic acids is 1. The van der Waals surface area contributed by atoms with Gasteiger partial charge in [0.15, 0.2) is 0 Å². The van der Waals surface area contributed by atoms with Crippen LogP contribution in [-0.4, -0.2) is 28.2 Å². The molecule has 0 fully saturated rings. The number of esters is 1. The molecule has 2 aromatic heterocycles. The van der Waals surface area contributed by atoms with Crippen molar-refractivity contribution in [3.05, 3.63) is 45.7 Å². The second kappa shape index (κ2) is 7.02. The van der Waals surface area contributed by atoms with Gasteiger partial charge in [0, 0.05) is 22.4 Å². The molecule has 0 amide bonds. The van der Waals surface area contributed by atoms with Gasteiger partial charge in [-0.25, -0.2) is 9.59 Å². The minimum absolute atomic E-state index is 0.188. The van der Waals surface area contributed by atoms with Crippen molar-refractivity contribution in [1.82, 2.24) is 4.57 Å². The highest BCUT2D eigenvalue weighted by Crippen LogP contribution is 2.31. The Morgan fingerprint density at radius 3 is 2.31 bits per heavy atom. The molecule has 6 nitrogen and oxygen atoms in total. The van der Waals surface area contributed by atoms with Crippen molar-refractivity contribution in [3.8, 4) is 0 Å². The van der Waals surface area contributed by atoms with Gasteiger partial charge in [0.2, 0.25) is 0 Å². The average molecular weight is 361 g/mol. The number of nitrogens with zero attached hydrogens (tertiary/aromatic N) is 1. The zero-order valence-electron chi connectivity index (χ0n) is 16.5. The molecule has 0 bridgehead atoms. The number of carbonyl (C=O) groups is 2. The fourth-order valence-electron chi connectivity index (χ4n) is 3.24. The van der Waals surface area contributed by atoms with Crippen LogP contribution < -0.4 is 0 Å². The van der Waals surface area contributed by atoms with Crippen LogP contribution in [0, 0.1) is 20.8 Å². The van der Waals surface area contributed by atoms with Crippen molar-refractivity contribution in [2.24, 2.45) is 0 Å². The first-order chi connectivity index (χ1) is 12.0. The summed E-state index contributed by atoms with van der Waals surface area (Å²) in [5, 5.41) is 9.56. The number of hydrogen-bond acceptors (Lipinski definition) is 4. The van der Waals surface area contributed by atoms with Crippen LogP contribution in [0.5, 0.6) is 0 Å². The van der Waals surface area contributed by atoms with Gasteiger partial charge in [-0.05, 0) is 33.8 Å². The highest BCUT2D eigenvalue weighted by molar-refractivity contribution is 5.92. The average Bonchev–Trinajstić information content (AvgIpc) is 2.97. The number of carboxylic acid groups (broad SMARTS) is 1. The molecule has 6 heteroatoms. The molecule has 2 heterocycles. The fraction of sp³-hybridized carbons (Fsp3) is 0.500. The van der Waals surface area contributed by atoms with Gasteiger partial charge in [-0.3, -0.25) is 0 Å². The number of hydrogen-bond donors (Lipinski definition) is 1. The molecule has 0 saturated carbocycles. The molecule has 26 heavy (non-hydrogen) atoms. The molecular formula is C20H27NO5. The van der Waals surface area contributed by atoms with E-state index in [1.54, 1.807) is 20.8 Å². The standard InChI is InChI=1S/C20H27NO5/c1-8-25-19(24)14-9-16(20(5,6)7)21(11(14)2)10-15-12(3)26-13(4)17(15)18(22)23/h9H,8,10H2,1-7H3,(H,22,23). The molecule has 0 unspecified atom stereocenters. The minimum atomic E-state index is -1.01. The summed E-state index contributed by atoms with van der Waals surface area (Å²) in [5.41, 5.74) is 2.77. The van der Waals surface area contributed by atoms with Gasteiger partial charge in [-0.1, -0.05) is 20.8 Å². The number of aromatic nitrogens is 1. The number of furan rings is 1. The zero-order valence-corrected chi connectivity index (χ0v) is 16.5. The first-order valence-electron chi connectivity index (χ1n) is 8.68. The Balaban J connectivity index is 2.63. The van der Waals surface area contributed by atoms with Crippen molar-refractivity contribution >= 4 is 11.9 Å². The van der Waals surface area contributed by atoms with Crippen molar-refractivity contribution in [2.75, 3.05) is 6.61 Å². The zero-order chi connectivity index (χ0) is 19.8. The summed E-state index contributed by atoms with van der Waals surface area (Å²) in [6.07, 6.45) is 0. The predicted molar refractivity (Wildman–Crippen MR) is 98.1 cm³/mol. The Kier molecular flexibility index (Phi) is 5.35. The molecular weight excluding hydrogens is 334 g/mol. The van der Waals surface area contributed by atoms with Crippen LogP contribution in [0.25, 0.3) is 0 Å². The largest absolute Gasteiger partial charge is 0.478 e. The third kappa shape index (κ3) is 3.54. The molecule has 0 saturated heterocycles. The molecule has 0 aliphatic rings. The Hall–Kier alpha value is -2.50. The summed E-state index contributed by atoms with van der Waals surface area (Å²) in [5.74, 6) is -0.418. The number of aryl methyl sites for hydroxylation is 2. The third-order valence-corrected chi connectivity index (χ3v) is 4.55. The van der Waals surface area contributed by atoms with E-state index in [9.17, 15) is 14.7 Å². The highest BCUT2D eigenvalue weighted by Gasteiger charge is 2.28. The molecule has 0 atom stereocenters. The van der Waals surface area contributed by atoms with Gasteiger partial charge in [-0.2, -0.15) is 0 Å². The number of rotatable bonds is 5. The summed E-state index contributed by atoms with van der Waals surface area (Å²) in [6, 6.07) is 1.84. The number of carboxylic acids is 1. The van der Waals surface area contributed by atoms with Crippen LogP contribution in [-0.2, 0) is 16.7 Å². The van der Waals surface area contributed by atoms with Gasteiger partial charge in [-0.15, -0.1) is 0 Å². The maximum absolute atomic E-state index is 12.3. The first kappa shape index (κ1) is 19.8. The Morgan fingerprint density at radius 1 is 1.19 bits per heavy atom. The monoisotopic (exact) mass is 361 g/mol. The molecule has 0 spiro atoms. The van der Waals surface area contributed by atoms with E-state index in [2.05, 4.69) is 20.8 Å². The number of carbonyl (C=O) groups excluding carboxylic acids is 1. The van der Waals surface area contributed by atoms with E-state index in [-0.39, 0.29) is 16.9 Å². The Morgan fingerprint density at radius 2 is 1.81 bits per heavy atom. The van der Waals surface area contributed by atoms with E-state index in [0.717, 1.165) is 11.4 Å². The second-order valence-corrected chi connectivity index (χ2v) is 7.46.